The lowest BCUT2D eigenvalue weighted by atomic mass is 10.00. The van der Waals surface area contributed by atoms with Crippen molar-refractivity contribution in [1.82, 2.24) is 20.0 Å². The molecule has 1 aliphatic rings. The third kappa shape index (κ3) is 4.47. The van der Waals surface area contributed by atoms with Crippen molar-refractivity contribution in [2.75, 3.05) is 13.1 Å². The van der Waals surface area contributed by atoms with E-state index in [1.807, 2.05) is 13.2 Å². The summed E-state index contributed by atoms with van der Waals surface area (Å²) in [4.78, 5) is 24.7. The van der Waals surface area contributed by atoms with Gasteiger partial charge in [0.25, 0.3) is 0 Å². The van der Waals surface area contributed by atoms with Gasteiger partial charge in [-0.15, -0.1) is 0 Å². The molecule has 116 valence electrons. The van der Waals surface area contributed by atoms with Gasteiger partial charge < -0.3 is 15.3 Å². The van der Waals surface area contributed by atoms with Gasteiger partial charge in [-0.1, -0.05) is 0 Å². The lowest BCUT2D eigenvalue weighted by Crippen LogP contribution is -2.49. The molecule has 1 saturated heterocycles. The highest BCUT2D eigenvalue weighted by Crippen LogP contribution is 2.19. The summed E-state index contributed by atoms with van der Waals surface area (Å²) in [5, 5.41) is 15.9. The maximum Gasteiger partial charge on any atom is 0.317 e. The second kappa shape index (κ2) is 7.10. The molecule has 1 aliphatic heterocycles. The molecule has 0 aromatic carbocycles. The summed E-state index contributed by atoms with van der Waals surface area (Å²) in [6.07, 6.45) is 7.12. The fourth-order valence-corrected chi connectivity index (χ4v) is 2.70. The molecule has 1 aromatic rings. The maximum absolute atomic E-state index is 12.2. The van der Waals surface area contributed by atoms with Crippen LogP contribution in [0.2, 0.25) is 0 Å². The highest BCUT2D eigenvalue weighted by molar-refractivity contribution is 5.76. The molecule has 2 amide bonds. The SMILES string of the molecule is Cn1cc(CCNC(=O)N2CCCCC2CC(=O)O)cn1. The highest BCUT2D eigenvalue weighted by atomic mass is 16.4. The van der Waals surface area contributed by atoms with Gasteiger partial charge in [0.2, 0.25) is 0 Å². The molecule has 7 nitrogen and oxygen atoms in total. The van der Waals surface area contributed by atoms with Crippen LogP contribution in [0, 0.1) is 0 Å². The molecular weight excluding hydrogens is 272 g/mol. The minimum Gasteiger partial charge on any atom is -0.481 e. The highest BCUT2D eigenvalue weighted by Gasteiger charge is 2.28. The number of aromatic nitrogens is 2. The van der Waals surface area contributed by atoms with E-state index in [0.717, 1.165) is 31.2 Å². The fraction of sp³-hybridized carbons (Fsp3) is 0.643. The van der Waals surface area contributed by atoms with Gasteiger partial charge in [0.1, 0.15) is 0 Å². The van der Waals surface area contributed by atoms with Gasteiger partial charge in [-0.2, -0.15) is 5.10 Å². The molecule has 2 rings (SSSR count). The summed E-state index contributed by atoms with van der Waals surface area (Å²) in [7, 11) is 1.85. The summed E-state index contributed by atoms with van der Waals surface area (Å²) in [5.41, 5.74) is 1.07. The summed E-state index contributed by atoms with van der Waals surface area (Å²) in [6, 6.07) is -0.348. The van der Waals surface area contributed by atoms with Crippen molar-refractivity contribution in [3.63, 3.8) is 0 Å². The van der Waals surface area contributed by atoms with Crippen LogP contribution in [0.25, 0.3) is 0 Å². The summed E-state index contributed by atoms with van der Waals surface area (Å²) >= 11 is 0. The van der Waals surface area contributed by atoms with Crippen molar-refractivity contribution in [3.05, 3.63) is 18.0 Å². The van der Waals surface area contributed by atoms with Crippen LogP contribution in [-0.2, 0) is 18.3 Å². The average Bonchev–Trinajstić information content (AvgIpc) is 2.84. The van der Waals surface area contributed by atoms with E-state index in [4.69, 9.17) is 5.11 Å². The first kappa shape index (κ1) is 15.3. The Morgan fingerprint density at radius 1 is 1.48 bits per heavy atom. The maximum atomic E-state index is 12.2. The van der Waals surface area contributed by atoms with Crippen LogP contribution in [0.5, 0.6) is 0 Å². The number of likely N-dealkylation sites (tertiary alicyclic amines) is 1. The Balaban J connectivity index is 1.81. The van der Waals surface area contributed by atoms with E-state index < -0.39 is 5.97 Å². The Hall–Kier alpha value is -2.05. The van der Waals surface area contributed by atoms with Gasteiger partial charge in [0, 0.05) is 32.4 Å². The smallest absolute Gasteiger partial charge is 0.317 e. The topological polar surface area (TPSA) is 87.5 Å². The Morgan fingerprint density at radius 3 is 2.95 bits per heavy atom. The first-order valence-corrected chi connectivity index (χ1v) is 7.30. The number of hydrogen-bond acceptors (Lipinski definition) is 3. The lowest BCUT2D eigenvalue weighted by Gasteiger charge is -2.34. The van der Waals surface area contributed by atoms with Gasteiger partial charge in [0.05, 0.1) is 12.6 Å². The second-order valence-electron chi connectivity index (χ2n) is 5.45. The lowest BCUT2D eigenvalue weighted by molar-refractivity contribution is -0.138. The number of amides is 2. The van der Waals surface area contributed by atoms with Gasteiger partial charge in [-0.25, -0.2) is 4.79 Å². The van der Waals surface area contributed by atoms with Crippen molar-refractivity contribution < 1.29 is 14.7 Å². The van der Waals surface area contributed by atoms with Crippen LogP contribution in [0.15, 0.2) is 12.4 Å². The molecule has 1 fully saturated rings. The molecule has 0 radical (unpaired) electrons. The number of carboxylic acids is 1. The normalized spacial score (nSPS) is 18.5. The zero-order chi connectivity index (χ0) is 15.2. The molecule has 21 heavy (non-hydrogen) atoms. The second-order valence-corrected chi connectivity index (χ2v) is 5.45. The van der Waals surface area contributed by atoms with Crippen molar-refractivity contribution >= 4 is 12.0 Å². The summed E-state index contributed by atoms with van der Waals surface area (Å²) < 4.78 is 1.73. The number of carboxylic acid groups (broad SMARTS) is 1. The number of aryl methyl sites for hydroxylation is 1. The quantitative estimate of drug-likeness (QED) is 0.848. The third-order valence-corrected chi connectivity index (χ3v) is 3.75. The largest absolute Gasteiger partial charge is 0.481 e. The molecule has 0 spiro atoms. The zero-order valence-corrected chi connectivity index (χ0v) is 12.3. The van der Waals surface area contributed by atoms with Crippen LogP contribution < -0.4 is 5.32 Å². The summed E-state index contributed by atoms with van der Waals surface area (Å²) in [6.45, 7) is 1.16. The minimum atomic E-state index is -0.852. The van der Waals surface area contributed by atoms with Gasteiger partial charge in [0.15, 0.2) is 0 Å². The Morgan fingerprint density at radius 2 is 2.29 bits per heavy atom. The predicted octanol–water partition coefficient (Wildman–Crippen LogP) is 1.00. The molecule has 2 N–H and O–H groups in total. The van der Waals surface area contributed by atoms with Crippen LogP contribution >= 0.6 is 0 Å². The fourth-order valence-electron chi connectivity index (χ4n) is 2.70. The van der Waals surface area contributed by atoms with E-state index in [1.54, 1.807) is 15.8 Å². The van der Waals surface area contributed by atoms with Gasteiger partial charge in [-0.3, -0.25) is 9.48 Å². The number of rotatable bonds is 5. The van der Waals surface area contributed by atoms with Crippen LogP contribution in [0.4, 0.5) is 4.79 Å². The monoisotopic (exact) mass is 294 g/mol. The van der Waals surface area contributed by atoms with E-state index in [-0.39, 0.29) is 18.5 Å². The third-order valence-electron chi connectivity index (χ3n) is 3.75. The molecule has 1 unspecified atom stereocenters. The Labute approximate surface area is 123 Å². The van der Waals surface area contributed by atoms with Crippen molar-refractivity contribution in [1.29, 1.82) is 0 Å². The minimum absolute atomic E-state index is 0.0238. The molecular formula is C14H22N4O3. The first-order valence-electron chi connectivity index (χ1n) is 7.30. The van der Waals surface area contributed by atoms with Crippen molar-refractivity contribution in [2.24, 2.45) is 7.05 Å². The average molecular weight is 294 g/mol. The van der Waals surface area contributed by atoms with E-state index >= 15 is 0 Å². The van der Waals surface area contributed by atoms with Crippen LogP contribution in [0.1, 0.15) is 31.2 Å². The van der Waals surface area contributed by atoms with Crippen LogP contribution in [0.3, 0.4) is 0 Å². The number of carbonyl (C=O) groups excluding carboxylic acids is 1. The standard InChI is InChI=1S/C14H22N4O3/c1-17-10-11(9-16-17)5-6-15-14(21)18-7-3-2-4-12(18)8-13(19)20/h9-10,12H,2-8H2,1H3,(H,15,21)(H,19,20). The van der Waals surface area contributed by atoms with E-state index in [2.05, 4.69) is 10.4 Å². The first-order chi connectivity index (χ1) is 10.1. The van der Waals surface area contributed by atoms with Crippen molar-refractivity contribution in [2.45, 2.75) is 38.1 Å². The molecule has 1 atom stereocenters. The van der Waals surface area contributed by atoms with E-state index in [0.29, 0.717) is 13.1 Å². The Bertz CT molecular complexity index is 500. The van der Waals surface area contributed by atoms with E-state index in [1.165, 1.54) is 0 Å². The number of hydrogen-bond donors (Lipinski definition) is 2. The van der Waals surface area contributed by atoms with Crippen molar-refractivity contribution in [3.8, 4) is 0 Å². The zero-order valence-electron chi connectivity index (χ0n) is 12.3. The number of piperidine rings is 1. The molecule has 2 heterocycles. The predicted molar refractivity (Wildman–Crippen MR) is 76.9 cm³/mol. The van der Waals surface area contributed by atoms with Gasteiger partial charge in [-0.05, 0) is 31.2 Å². The Kier molecular flexibility index (Phi) is 5.19. The molecule has 0 saturated carbocycles. The molecule has 0 bridgehead atoms. The molecule has 7 heteroatoms. The number of urea groups is 1. The number of aliphatic carboxylic acids is 1. The number of nitrogens with one attached hydrogen (secondary N) is 1. The number of nitrogens with zero attached hydrogens (tertiary/aromatic N) is 3. The summed E-state index contributed by atoms with van der Waals surface area (Å²) in [5.74, 6) is -0.852. The van der Waals surface area contributed by atoms with Crippen LogP contribution in [-0.4, -0.2) is 50.9 Å². The van der Waals surface area contributed by atoms with Gasteiger partial charge >= 0.3 is 12.0 Å². The number of carbonyl (C=O) groups is 2. The molecule has 0 aliphatic carbocycles. The molecule has 1 aromatic heterocycles. The van der Waals surface area contributed by atoms with E-state index in [9.17, 15) is 9.59 Å².